The molecule has 0 aromatic carbocycles. The lowest BCUT2D eigenvalue weighted by molar-refractivity contribution is 0.0693. The van der Waals surface area contributed by atoms with Crippen molar-refractivity contribution in [3.05, 3.63) is 23.3 Å². The van der Waals surface area contributed by atoms with Crippen LogP contribution in [0.25, 0.3) is 11.2 Å². The molecule has 18 heavy (non-hydrogen) atoms. The third-order valence-electron chi connectivity index (χ3n) is 2.63. The lowest BCUT2D eigenvalue weighted by Gasteiger charge is -2.10. The normalized spacial score (nSPS) is 11.3. The van der Waals surface area contributed by atoms with Crippen molar-refractivity contribution in [2.75, 3.05) is 27.2 Å². The fraction of sp³-hybridized carbons (Fsp3) is 0.333. The van der Waals surface area contributed by atoms with Gasteiger partial charge < -0.3 is 19.7 Å². The number of nitrogens with zero attached hydrogens (tertiary/aromatic N) is 1. The van der Waals surface area contributed by atoms with Crippen LogP contribution in [-0.2, 0) is 0 Å². The zero-order valence-corrected chi connectivity index (χ0v) is 10.2. The topological polar surface area (TPSA) is 82.8 Å². The predicted molar refractivity (Wildman–Crippen MR) is 65.2 cm³/mol. The molecule has 0 spiro atoms. The summed E-state index contributed by atoms with van der Waals surface area (Å²) >= 11 is 0. The minimum Gasteiger partial charge on any atom is -0.478 e. The maximum atomic E-state index is 11.9. The van der Waals surface area contributed by atoms with Crippen molar-refractivity contribution in [1.29, 1.82) is 0 Å². The van der Waals surface area contributed by atoms with Gasteiger partial charge in [0.05, 0.1) is 0 Å². The summed E-state index contributed by atoms with van der Waals surface area (Å²) in [5.41, 5.74) is 0.591. The summed E-state index contributed by atoms with van der Waals surface area (Å²) in [5, 5.41) is 11.7. The van der Waals surface area contributed by atoms with Crippen LogP contribution in [0.4, 0.5) is 0 Å². The van der Waals surface area contributed by atoms with Gasteiger partial charge >= 0.3 is 5.97 Å². The molecule has 0 aliphatic carbocycles. The number of fused-ring (bicyclic) bond motifs is 2. The zero-order chi connectivity index (χ0) is 13.3. The number of likely N-dealkylation sites (N-methyl/N-ethyl adjacent to an activating group) is 1. The van der Waals surface area contributed by atoms with Crippen LogP contribution in [-0.4, -0.2) is 49.1 Å². The highest BCUT2D eigenvalue weighted by Gasteiger charge is 2.26. The van der Waals surface area contributed by atoms with Crippen LogP contribution in [0, 0.1) is 0 Å². The fourth-order valence-corrected chi connectivity index (χ4v) is 1.77. The van der Waals surface area contributed by atoms with E-state index in [1.54, 1.807) is 12.1 Å². The van der Waals surface area contributed by atoms with Crippen molar-refractivity contribution >= 4 is 23.0 Å². The van der Waals surface area contributed by atoms with Crippen LogP contribution in [0.15, 0.2) is 16.5 Å². The molecule has 0 saturated carbocycles. The molecule has 2 N–H and O–H groups in total. The van der Waals surface area contributed by atoms with Crippen molar-refractivity contribution in [3.8, 4) is 0 Å². The largest absolute Gasteiger partial charge is 0.478 e. The number of hydrogen-bond acceptors (Lipinski definition) is 4. The summed E-state index contributed by atoms with van der Waals surface area (Å²) in [6.45, 7) is 1.14. The molecule has 2 aromatic rings. The molecule has 1 amide bonds. The van der Waals surface area contributed by atoms with E-state index in [0.717, 1.165) is 0 Å². The molecule has 2 rings (SSSR count). The number of aromatic carboxylic acids is 1. The van der Waals surface area contributed by atoms with Crippen LogP contribution < -0.4 is 5.32 Å². The lowest BCUT2D eigenvalue weighted by atomic mass is 10.1. The molecular formula is C12H14N2O4. The molecule has 0 saturated heterocycles. The maximum Gasteiger partial charge on any atom is 0.340 e. The molecule has 2 aromatic heterocycles. The van der Waals surface area contributed by atoms with Crippen LogP contribution in [0.3, 0.4) is 0 Å². The van der Waals surface area contributed by atoms with E-state index >= 15 is 0 Å². The number of nitrogens with one attached hydrogen (secondary N) is 1. The van der Waals surface area contributed by atoms with E-state index in [-0.39, 0.29) is 16.7 Å². The van der Waals surface area contributed by atoms with Crippen molar-refractivity contribution < 1.29 is 19.1 Å². The van der Waals surface area contributed by atoms with Gasteiger partial charge in [0.15, 0.2) is 0 Å². The molecule has 0 radical (unpaired) electrons. The maximum absolute atomic E-state index is 11.9. The van der Waals surface area contributed by atoms with Crippen molar-refractivity contribution in [2.24, 2.45) is 0 Å². The molecule has 0 aliphatic heterocycles. The van der Waals surface area contributed by atoms with Gasteiger partial charge in [0.1, 0.15) is 22.3 Å². The third-order valence-corrected chi connectivity index (χ3v) is 2.63. The Morgan fingerprint density at radius 1 is 1.28 bits per heavy atom. The zero-order valence-electron chi connectivity index (χ0n) is 10.2. The number of hydrogen-bond donors (Lipinski definition) is 2. The molecule has 96 valence electrons. The van der Waals surface area contributed by atoms with Crippen LogP contribution >= 0.6 is 0 Å². The van der Waals surface area contributed by atoms with E-state index in [2.05, 4.69) is 5.32 Å². The lowest BCUT2D eigenvalue weighted by Crippen LogP contribution is -2.32. The van der Waals surface area contributed by atoms with Crippen LogP contribution in [0.1, 0.15) is 20.7 Å². The van der Waals surface area contributed by atoms with Gasteiger partial charge in [-0.1, -0.05) is 0 Å². The molecule has 0 unspecified atom stereocenters. The second kappa shape index (κ2) is 4.66. The summed E-state index contributed by atoms with van der Waals surface area (Å²) in [7, 11) is 3.78. The van der Waals surface area contributed by atoms with Crippen LogP contribution in [0.2, 0.25) is 0 Å². The Hall–Kier alpha value is -2.08. The Bertz CT molecular complexity index is 573. The number of amides is 1. The predicted octanol–water partition coefficient (Wildman–Crippen LogP) is 0.860. The van der Waals surface area contributed by atoms with E-state index in [0.29, 0.717) is 18.7 Å². The fourth-order valence-electron chi connectivity index (χ4n) is 1.77. The number of rotatable bonds is 5. The van der Waals surface area contributed by atoms with E-state index < -0.39 is 11.9 Å². The first kappa shape index (κ1) is 12.4. The van der Waals surface area contributed by atoms with E-state index in [9.17, 15) is 9.59 Å². The molecular weight excluding hydrogens is 236 g/mol. The van der Waals surface area contributed by atoms with Crippen molar-refractivity contribution in [1.82, 2.24) is 10.2 Å². The first-order chi connectivity index (χ1) is 8.50. The molecule has 0 aliphatic rings. The number of carboxylic acid groups (broad SMARTS) is 1. The first-order valence-corrected chi connectivity index (χ1v) is 5.51. The monoisotopic (exact) mass is 250 g/mol. The van der Waals surface area contributed by atoms with Gasteiger partial charge in [0.25, 0.3) is 5.91 Å². The highest BCUT2D eigenvalue weighted by Crippen LogP contribution is 2.28. The summed E-state index contributed by atoms with van der Waals surface area (Å²) in [5.74, 6) is -1.56. The second-order valence-corrected chi connectivity index (χ2v) is 4.28. The highest BCUT2D eigenvalue weighted by molar-refractivity contribution is 6.14. The van der Waals surface area contributed by atoms with Gasteiger partial charge in [-0.25, -0.2) is 4.79 Å². The number of carbonyl (C=O) groups is 2. The number of benzene rings is 1. The average molecular weight is 250 g/mol. The summed E-state index contributed by atoms with van der Waals surface area (Å²) in [4.78, 5) is 24.9. The molecule has 6 nitrogen and oxygen atoms in total. The SMILES string of the molecule is CN(C)CCNC(=O)c1c(C(=O)O)c2ccc1o2. The molecule has 0 atom stereocenters. The average Bonchev–Trinajstić information content (AvgIpc) is 2.87. The minimum atomic E-state index is -1.15. The highest BCUT2D eigenvalue weighted by atomic mass is 16.4. The number of furan rings is 2. The Labute approximate surface area is 104 Å². The van der Waals surface area contributed by atoms with E-state index in [1.807, 2.05) is 19.0 Å². The van der Waals surface area contributed by atoms with Gasteiger partial charge in [-0.2, -0.15) is 0 Å². The smallest absolute Gasteiger partial charge is 0.340 e. The van der Waals surface area contributed by atoms with Crippen LogP contribution in [0.5, 0.6) is 0 Å². The molecule has 0 fully saturated rings. The third kappa shape index (κ3) is 2.14. The Morgan fingerprint density at radius 3 is 2.44 bits per heavy atom. The molecule has 2 heterocycles. The standard InChI is InChI=1S/C12H14N2O4/c1-14(2)6-5-13-11(15)9-7-3-4-8(18-7)10(9)12(16)17/h3-4H,5-6H2,1-2H3,(H,13,15)(H,16,17). The first-order valence-electron chi connectivity index (χ1n) is 5.51. The number of carboxylic acids is 1. The van der Waals surface area contributed by atoms with Gasteiger partial charge in [-0.05, 0) is 26.2 Å². The van der Waals surface area contributed by atoms with Gasteiger partial charge in [0.2, 0.25) is 0 Å². The van der Waals surface area contributed by atoms with Crippen molar-refractivity contribution in [3.63, 3.8) is 0 Å². The second-order valence-electron chi connectivity index (χ2n) is 4.28. The Kier molecular flexibility index (Phi) is 3.20. The van der Waals surface area contributed by atoms with Crippen molar-refractivity contribution in [2.45, 2.75) is 0 Å². The van der Waals surface area contributed by atoms with Gasteiger partial charge in [-0.15, -0.1) is 0 Å². The molecule has 6 heteroatoms. The van der Waals surface area contributed by atoms with E-state index in [1.165, 1.54) is 0 Å². The summed E-state index contributed by atoms with van der Waals surface area (Å²) < 4.78 is 5.20. The Balaban J connectivity index is 2.18. The number of carbonyl (C=O) groups excluding carboxylic acids is 1. The summed E-state index contributed by atoms with van der Waals surface area (Å²) in [6, 6.07) is 3.15. The Morgan fingerprint density at radius 2 is 1.89 bits per heavy atom. The molecule has 2 bridgehead atoms. The summed E-state index contributed by atoms with van der Waals surface area (Å²) in [6.07, 6.45) is 0. The van der Waals surface area contributed by atoms with Gasteiger partial charge in [-0.3, -0.25) is 4.79 Å². The minimum absolute atomic E-state index is 0.0603. The van der Waals surface area contributed by atoms with E-state index in [4.69, 9.17) is 9.52 Å². The quantitative estimate of drug-likeness (QED) is 0.822. The van der Waals surface area contributed by atoms with Gasteiger partial charge in [0, 0.05) is 13.1 Å².